The van der Waals surface area contributed by atoms with E-state index in [4.69, 9.17) is 0 Å². The molecule has 0 radical (unpaired) electrons. The van der Waals surface area contributed by atoms with Crippen LogP contribution < -0.4 is 10.0 Å². The standard InChI is InChI=1S/C11H19N3O3S2/c1-5-9(11-13-7(2)8(3)18-11)14-10(15)6-12-19(4,16)17/h9,12H,5-6H2,1-4H3,(H,14,15)/t9-/m0/s1. The number of carbonyl (C=O) groups excluding carboxylic acids is 1. The number of carbonyl (C=O) groups is 1. The van der Waals surface area contributed by atoms with Crippen molar-refractivity contribution in [2.45, 2.75) is 33.2 Å². The Morgan fingerprint density at radius 3 is 2.47 bits per heavy atom. The number of sulfonamides is 1. The van der Waals surface area contributed by atoms with Gasteiger partial charge in [0.25, 0.3) is 0 Å². The highest BCUT2D eigenvalue weighted by molar-refractivity contribution is 7.88. The molecule has 2 N–H and O–H groups in total. The summed E-state index contributed by atoms with van der Waals surface area (Å²) in [5.74, 6) is -0.359. The Bertz CT molecular complexity index is 532. The lowest BCUT2D eigenvalue weighted by Crippen LogP contribution is -2.38. The maximum absolute atomic E-state index is 11.7. The summed E-state index contributed by atoms with van der Waals surface area (Å²) in [6, 6.07) is -0.175. The molecule has 0 aliphatic carbocycles. The summed E-state index contributed by atoms with van der Waals surface area (Å²) in [5.41, 5.74) is 0.960. The predicted octanol–water partition coefficient (Wildman–Crippen LogP) is 0.876. The summed E-state index contributed by atoms with van der Waals surface area (Å²) >= 11 is 1.55. The lowest BCUT2D eigenvalue weighted by Gasteiger charge is -2.14. The van der Waals surface area contributed by atoms with Crippen LogP contribution in [-0.2, 0) is 14.8 Å². The van der Waals surface area contributed by atoms with Gasteiger partial charge in [-0.1, -0.05) is 6.92 Å². The van der Waals surface area contributed by atoms with E-state index in [-0.39, 0.29) is 18.5 Å². The van der Waals surface area contributed by atoms with Crippen molar-refractivity contribution in [3.8, 4) is 0 Å². The maximum atomic E-state index is 11.7. The Kier molecular flexibility index (Phi) is 5.45. The second kappa shape index (κ2) is 6.44. The van der Waals surface area contributed by atoms with Crippen molar-refractivity contribution in [3.05, 3.63) is 15.6 Å². The number of hydrogen-bond donors (Lipinski definition) is 2. The van der Waals surface area contributed by atoms with E-state index in [1.165, 1.54) is 0 Å². The Labute approximate surface area is 117 Å². The number of hydrogen-bond acceptors (Lipinski definition) is 5. The van der Waals surface area contributed by atoms with Crippen molar-refractivity contribution in [3.63, 3.8) is 0 Å². The number of nitrogens with zero attached hydrogens (tertiary/aromatic N) is 1. The highest BCUT2D eigenvalue weighted by Gasteiger charge is 2.17. The molecule has 1 rings (SSSR count). The average molecular weight is 305 g/mol. The van der Waals surface area contributed by atoms with Gasteiger partial charge in [-0.15, -0.1) is 11.3 Å². The number of aryl methyl sites for hydroxylation is 2. The molecule has 1 amide bonds. The van der Waals surface area contributed by atoms with Gasteiger partial charge in [0.05, 0.1) is 24.5 Å². The van der Waals surface area contributed by atoms with Crippen LogP contribution in [0.3, 0.4) is 0 Å². The van der Waals surface area contributed by atoms with Crippen molar-refractivity contribution in [2.75, 3.05) is 12.8 Å². The minimum Gasteiger partial charge on any atom is -0.346 e. The first-order valence-corrected chi connectivity index (χ1v) is 8.61. The van der Waals surface area contributed by atoms with E-state index in [0.717, 1.165) is 21.8 Å². The van der Waals surface area contributed by atoms with Gasteiger partial charge in [0.15, 0.2) is 0 Å². The fourth-order valence-corrected chi connectivity index (χ4v) is 2.88. The minimum absolute atomic E-state index is 0.175. The lowest BCUT2D eigenvalue weighted by molar-refractivity contribution is -0.120. The Morgan fingerprint density at radius 1 is 1.42 bits per heavy atom. The molecular weight excluding hydrogens is 286 g/mol. The molecule has 6 nitrogen and oxygen atoms in total. The van der Waals surface area contributed by atoms with Gasteiger partial charge in [-0.25, -0.2) is 18.1 Å². The van der Waals surface area contributed by atoms with Crippen LogP contribution in [0.5, 0.6) is 0 Å². The van der Waals surface area contributed by atoms with Gasteiger partial charge in [-0.2, -0.15) is 0 Å². The molecule has 1 heterocycles. The molecule has 0 aromatic carbocycles. The summed E-state index contributed by atoms with van der Waals surface area (Å²) in [5, 5.41) is 3.63. The number of nitrogens with one attached hydrogen (secondary N) is 2. The molecule has 8 heteroatoms. The number of amides is 1. The Morgan fingerprint density at radius 2 is 2.05 bits per heavy atom. The number of thiazole rings is 1. The maximum Gasteiger partial charge on any atom is 0.235 e. The molecule has 1 atom stereocenters. The Balaban J connectivity index is 2.64. The van der Waals surface area contributed by atoms with Crippen molar-refractivity contribution in [1.29, 1.82) is 0 Å². The van der Waals surface area contributed by atoms with Crippen LogP contribution in [0.4, 0.5) is 0 Å². The van der Waals surface area contributed by atoms with E-state index in [1.807, 2.05) is 20.8 Å². The molecule has 0 unspecified atom stereocenters. The third kappa shape index (κ3) is 5.25. The summed E-state index contributed by atoms with van der Waals surface area (Å²) in [4.78, 5) is 17.2. The fourth-order valence-electron chi connectivity index (χ4n) is 1.43. The third-order valence-electron chi connectivity index (χ3n) is 2.58. The molecule has 0 bridgehead atoms. The molecule has 1 aromatic rings. The van der Waals surface area contributed by atoms with Gasteiger partial charge in [0.2, 0.25) is 15.9 Å². The SMILES string of the molecule is CC[C@H](NC(=O)CNS(C)(=O)=O)c1nc(C)c(C)s1. The van der Waals surface area contributed by atoms with Crippen LogP contribution in [0.25, 0.3) is 0 Å². The van der Waals surface area contributed by atoms with Gasteiger partial charge in [-0.3, -0.25) is 4.79 Å². The largest absolute Gasteiger partial charge is 0.346 e. The molecule has 0 aliphatic heterocycles. The van der Waals surface area contributed by atoms with E-state index in [2.05, 4.69) is 15.0 Å². The first-order valence-electron chi connectivity index (χ1n) is 5.91. The second-order valence-corrected chi connectivity index (χ2v) is 7.38. The molecule has 0 spiro atoms. The molecule has 0 aliphatic rings. The zero-order valence-corrected chi connectivity index (χ0v) is 13.1. The summed E-state index contributed by atoms with van der Waals surface area (Å²) < 4.78 is 24.0. The van der Waals surface area contributed by atoms with Crippen molar-refractivity contribution in [1.82, 2.24) is 15.0 Å². The van der Waals surface area contributed by atoms with Gasteiger partial charge < -0.3 is 5.32 Å². The van der Waals surface area contributed by atoms with Gasteiger partial charge in [0, 0.05) is 4.88 Å². The summed E-state index contributed by atoms with van der Waals surface area (Å²) in [6.07, 6.45) is 1.72. The minimum atomic E-state index is -3.35. The van der Waals surface area contributed by atoms with E-state index >= 15 is 0 Å². The van der Waals surface area contributed by atoms with Crippen molar-refractivity contribution < 1.29 is 13.2 Å². The van der Waals surface area contributed by atoms with E-state index < -0.39 is 10.0 Å². The van der Waals surface area contributed by atoms with Crippen LogP contribution in [0, 0.1) is 13.8 Å². The van der Waals surface area contributed by atoms with Gasteiger partial charge >= 0.3 is 0 Å². The molecule has 0 saturated carbocycles. The van der Waals surface area contributed by atoms with Gasteiger partial charge in [-0.05, 0) is 20.3 Å². The van der Waals surface area contributed by atoms with E-state index in [9.17, 15) is 13.2 Å². The van der Waals surface area contributed by atoms with Gasteiger partial charge in [0.1, 0.15) is 5.01 Å². The Hall–Kier alpha value is -0.990. The smallest absolute Gasteiger partial charge is 0.235 e. The average Bonchev–Trinajstić information content (AvgIpc) is 2.63. The normalized spacial score (nSPS) is 13.3. The molecule has 0 fully saturated rings. The molecule has 108 valence electrons. The molecule has 1 aromatic heterocycles. The van der Waals surface area contributed by atoms with Crippen LogP contribution in [-0.4, -0.2) is 32.1 Å². The summed E-state index contributed by atoms with van der Waals surface area (Å²) in [7, 11) is -3.35. The molecular formula is C11H19N3O3S2. The van der Waals surface area contributed by atoms with E-state index in [1.54, 1.807) is 11.3 Å². The van der Waals surface area contributed by atoms with Crippen LogP contribution in [0.1, 0.15) is 35.0 Å². The molecule has 19 heavy (non-hydrogen) atoms. The zero-order chi connectivity index (χ0) is 14.6. The van der Waals surface area contributed by atoms with Crippen LogP contribution in [0.15, 0.2) is 0 Å². The first-order chi connectivity index (χ1) is 8.73. The predicted molar refractivity (Wildman–Crippen MR) is 75.6 cm³/mol. The van der Waals surface area contributed by atoms with Crippen LogP contribution in [0.2, 0.25) is 0 Å². The highest BCUT2D eigenvalue weighted by Crippen LogP contribution is 2.24. The summed E-state index contributed by atoms with van der Waals surface area (Å²) in [6.45, 7) is 5.60. The monoisotopic (exact) mass is 305 g/mol. The van der Waals surface area contributed by atoms with Crippen molar-refractivity contribution >= 4 is 27.3 Å². The lowest BCUT2D eigenvalue weighted by atomic mass is 10.2. The van der Waals surface area contributed by atoms with E-state index in [0.29, 0.717) is 6.42 Å². The zero-order valence-electron chi connectivity index (χ0n) is 11.5. The van der Waals surface area contributed by atoms with Crippen LogP contribution >= 0.6 is 11.3 Å². The third-order valence-corrected chi connectivity index (χ3v) is 4.44. The highest BCUT2D eigenvalue weighted by atomic mass is 32.2. The van der Waals surface area contributed by atoms with Crippen molar-refractivity contribution in [2.24, 2.45) is 0 Å². The second-order valence-electron chi connectivity index (χ2n) is 4.32. The first kappa shape index (κ1) is 16.1. The number of aromatic nitrogens is 1. The topological polar surface area (TPSA) is 88.2 Å². The quantitative estimate of drug-likeness (QED) is 0.816. The number of rotatable bonds is 6. The fraction of sp³-hybridized carbons (Fsp3) is 0.636. The molecule has 0 saturated heterocycles.